The number of ketones is 1. The van der Waals surface area contributed by atoms with Gasteiger partial charge in [-0.2, -0.15) is 0 Å². The van der Waals surface area contributed by atoms with E-state index in [4.69, 9.17) is 0 Å². The number of benzene rings is 2. The number of aryl methyl sites for hydroxylation is 1. The molecular weight excluding hydrogens is 310 g/mol. The Morgan fingerprint density at radius 3 is 2.30 bits per heavy atom. The van der Waals surface area contributed by atoms with Crippen molar-refractivity contribution in [3.8, 4) is 0 Å². The third kappa shape index (κ3) is 3.51. The van der Waals surface area contributed by atoms with E-state index in [1.54, 1.807) is 48.5 Å². The van der Waals surface area contributed by atoms with Gasteiger partial charge in [0, 0.05) is 5.56 Å². The number of Topliss-reactive ketones (excluding diaryl/α,β-unsaturated/α-hetero) is 1. The summed E-state index contributed by atoms with van der Waals surface area (Å²) in [5.41, 5.74) is 1.70. The molecule has 0 N–H and O–H groups in total. The number of hydrogen-bond donors (Lipinski definition) is 0. The molecule has 0 radical (unpaired) electrons. The summed E-state index contributed by atoms with van der Waals surface area (Å²) in [5, 5.41) is 0. The summed E-state index contributed by atoms with van der Waals surface area (Å²) in [4.78, 5) is 12.0. The first-order chi connectivity index (χ1) is 10.9. The lowest BCUT2D eigenvalue weighted by molar-refractivity contribution is 0.101. The Bertz CT molecular complexity index is 824. The van der Waals surface area contributed by atoms with Crippen LogP contribution in [0.5, 0.6) is 0 Å². The van der Waals surface area contributed by atoms with Crippen molar-refractivity contribution in [2.45, 2.75) is 18.7 Å². The predicted octanol–water partition coefficient (Wildman–Crippen LogP) is 3.58. The minimum absolute atomic E-state index is 0.0838. The minimum Gasteiger partial charge on any atom is -0.294 e. The van der Waals surface area contributed by atoms with Gasteiger partial charge in [-0.05, 0) is 38.1 Å². The molecular formula is C18H19NO3S. The van der Waals surface area contributed by atoms with Gasteiger partial charge in [-0.15, -0.1) is 6.58 Å². The Hall–Kier alpha value is -2.40. The molecule has 2 rings (SSSR count). The summed E-state index contributed by atoms with van der Waals surface area (Å²) >= 11 is 0. The van der Waals surface area contributed by atoms with Crippen LogP contribution in [0.3, 0.4) is 0 Å². The lowest BCUT2D eigenvalue weighted by atomic mass is 10.1. The van der Waals surface area contributed by atoms with Crippen molar-refractivity contribution >= 4 is 21.5 Å². The largest absolute Gasteiger partial charge is 0.294 e. The maximum atomic E-state index is 13.0. The fourth-order valence-electron chi connectivity index (χ4n) is 2.27. The highest BCUT2D eigenvalue weighted by molar-refractivity contribution is 7.92. The molecule has 0 saturated heterocycles. The van der Waals surface area contributed by atoms with Crippen molar-refractivity contribution in [1.82, 2.24) is 0 Å². The molecule has 0 unspecified atom stereocenters. The first-order valence-corrected chi connectivity index (χ1v) is 8.62. The van der Waals surface area contributed by atoms with Crippen LogP contribution >= 0.6 is 0 Å². The van der Waals surface area contributed by atoms with Crippen LogP contribution in [0.15, 0.2) is 66.1 Å². The first kappa shape index (κ1) is 17.0. The van der Waals surface area contributed by atoms with E-state index in [1.807, 2.05) is 6.92 Å². The Balaban J connectivity index is 2.61. The van der Waals surface area contributed by atoms with E-state index in [2.05, 4.69) is 6.58 Å². The average Bonchev–Trinajstić information content (AvgIpc) is 2.53. The normalized spacial score (nSPS) is 11.0. The fourth-order valence-corrected chi connectivity index (χ4v) is 3.72. The molecule has 0 atom stereocenters. The van der Waals surface area contributed by atoms with Crippen LogP contribution in [0.2, 0.25) is 0 Å². The molecule has 120 valence electrons. The van der Waals surface area contributed by atoms with Crippen molar-refractivity contribution < 1.29 is 13.2 Å². The monoisotopic (exact) mass is 329 g/mol. The summed E-state index contributed by atoms with van der Waals surface area (Å²) in [7, 11) is -3.78. The number of carbonyl (C=O) groups is 1. The van der Waals surface area contributed by atoms with Crippen molar-refractivity contribution in [2.24, 2.45) is 0 Å². The third-order valence-corrected chi connectivity index (χ3v) is 5.25. The second kappa shape index (κ2) is 6.79. The Kier molecular flexibility index (Phi) is 5.01. The minimum atomic E-state index is -3.78. The molecule has 0 aromatic heterocycles. The number of para-hydroxylation sites is 1. The number of sulfonamides is 1. The van der Waals surface area contributed by atoms with Gasteiger partial charge in [0.1, 0.15) is 0 Å². The van der Waals surface area contributed by atoms with Crippen molar-refractivity contribution in [3.63, 3.8) is 0 Å². The third-order valence-electron chi connectivity index (χ3n) is 3.46. The molecule has 4 nitrogen and oxygen atoms in total. The quantitative estimate of drug-likeness (QED) is 0.601. The summed E-state index contributed by atoms with van der Waals surface area (Å²) in [6.45, 7) is 7.03. The molecule has 2 aromatic rings. The van der Waals surface area contributed by atoms with Gasteiger partial charge in [-0.25, -0.2) is 8.42 Å². The van der Waals surface area contributed by atoms with Crippen LogP contribution in [0, 0.1) is 6.92 Å². The van der Waals surface area contributed by atoms with Crippen LogP contribution in [0.1, 0.15) is 22.8 Å². The molecule has 0 bridgehead atoms. The molecule has 0 aliphatic rings. The molecule has 23 heavy (non-hydrogen) atoms. The Morgan fingerprint density at radius 2 is 1.74 bits per heavy atom. The van der Waals surface area contributed by atoms with E-state index in [1.165, 1.54) is 17.3 Å². The molecule has 0 fully saturated rings. The van der Waals surface area contributed by atoms with Gasteiger partial charge in [-0.3, -0.25) is 9.10 Å². The highest BCUT2D eigenvalue weighted by atomic mass is 32.2. The molecule has 0 aliphatic heterocycles. The molecule has 0 spiro atoms. The van der Waals surface area contributed by atoms with Crippen LogP contribution in [0.4, 0.5) is 5.69 Å². The van der Waals surface area contributed by atoms with Gasteiger partial charge < -0.3 is 0 Å². The van der Waals surface area contributed by atoms with Gasteiger partial charge >= 0.3 is 0 Å². The van der Waals surface area contributed by atoms with Crippen molar-refractivity contribution in [2.75, 3.05) is 10.8 Å². The first-order valence-electron chi connectivity index (χ1n) is 7.18. The average molecular weight is 329 g/mol. The Morgan fingerprint density at radius 1 is 1.13 bits per heavy atom. The molecule has 2 aromatic carbocycles. The maximum absolute atomic E-state index is 13.0. The van der Waals surface area contributed by atoms with Gasteiger partial charge in [0.25, 0.3) is 10.0 Å². The zero-order valence-corrected chi connectivity index (χ0v) is 14.0. The smallest absolute Gasteiger partial charge is 0.264 e. The molecule has 0 amide bonds. The number of anilines is 1. The summed E-state index contributed by atoms with van der Waals surface area (Å²) in [6.07, 6.45) is 1.50. The lowest BCUT2D eigenvalue weighted by Crippen LogP contribution is -2.32. The second-order valence-electron chi connectivity index (χ2n) is 5.21. The second-order valence-corrected chi connectivity index (χ2v) is 7.07. The van der Waals surface area contributed by atoms with Gasteiger partial charge in [0.2, 0.25) is 0 Å². The van der Waals surface area contributed by atoms with Gasteiger partial charge in [0.05, 0.1) is 17.1 Å². The highest BCUT2D eigenvalue weighted by Gasteiger charge is 2.26. The topological polar surface area (TPSA) is 54.5 Å². The highest BCUT2D eigenvalue weighted by Crippen LogP contribution is 2.27. The summed E-state index contributed by atoms with van der Waals surface area (Å²) in [6, 6.07) is 13.3. The summed E-state index contributed by atoms with van der Waals surface area (Å²) in [5.74, 6) is -0.186. The van der Waals surface area contributed by atoms with Gasteiger partial charge in [-0.1, -0.05) is 35.9 Å². The summed E-state index contributed by atoms with van der Waals surface area (Å²) < 4.78 is 27.2. The van der Waals surface area contributed by atoms with E-state index >= 15 is 0 Å². The van der Waals surface area contributed by atoms with E-state index < -0.39 is 10.0 Å². The molecule has 5 heteroatoms. The zero-order valence-electron chi connectivity index (χ0n) is 13.2. The van der Waals surface area contributed by atoms with E-state index in [0.29, 0.717) is 11.3 Å². The number of carbonyl (C=O) groups excluding carboxylic acids is 1. The van der Waals surface area contributed by atoms with Gasteiger partial charge in [0.15, 0.2) is 5.78 Å². The van der Waals surface area contributed by atoms with Crippen molar-refractivity contribution in [3.05, 3.63) is 72.3 Å². The molecule has 0 aliphatic carbocycles. The molecule has 0 heterocycles. The Labute approximate surface area is 137 Å². The maximum Gasteiger partial charge on any atom is 0.264 e. The van der Waals surface area contributed by atoms with E-state index in [0.717, 1.165) is 5.56 Å². The number of rotatable bonds is 6. The lowest BCUT2D eigenvalue weighted by Gasteiger charge is -2.25. The number of nitrogens with zero attached hydrogens (tertiary/aromatic N) is 1. The van der Waals surface area contributed by atoms with Crippen molar-refractivity contribution in [1.29, 1.82) is 0 Å². The van der Waals surface area contributed by atoms with Crippen LogP contribution < -0.4 is 4.31 Å². The van der Waals surface area contributed by atoms with Crippen LogP contribution in [-0.2, 0) is 10.0 Å². The van der Waals surface area contributed by atoms with Crippen LogP contribution in [-0.4, -0.2) is 20.7 Å². The SMILES string of the molecule is C=CCN(c1ccccc1C(C)=O)S(=O)(=O)c1ccc(C)cc1. The van der Waals surface area contributed by atoms with E-state index in [-0.39, 0.29) is 17.2 Å². The molecule has 0 saturated carbocycles. The number of hydrogen-bond acceptors (Lipinski definition) is 3. The standard InChI is InChI=1S/C18H19NO3S/c1-4-13-19(18-8-6-5-7-17(18)15(3)20)23(21,22)16-11-9-14(2)10-12-16/h4-12H,1,13H2,2-3H3. The zero-order chi connectivity index (χ0) is 17.0. The fraction of sp³-hybridized carbons (Fsp3) is 0.167. The van der Waals surface area contributed by atoms with E-state index in [9.17, 15) is 13.2 Å². The van der Waals surface area contributed by atoms with Crippen LogP contribution in [0.25, 0.3) is 0 Å². The predicted molar refractivity (Wildman–Crippen MR) is 92.4 cm³/mol.